The summed E-state index contributed by atoms with van der Waals surface area (Å²) < 4.78 is 10.5. The van der Waals surface area contributed by atoms with E-state index in [4.69, 9.17) is 9.47 Å². The van der Waals surface area contributed by atoms with Gasteiger partial charge in [0.2, 0.25) is 11.8 Å². The topological polar surface area (TPSA) is 67.9 Å². The highest BCUT2D eigenvalue weighted by Gasteiger charge is 2.23. The lowest BCUT2D eigenvalue weighted by molar-refractivity contribution is -0.117. The molecule has 0 spiro atoms. The van der Waals surface area contributed by atoms with Crippen LogP contribution >= 0.6 is 0 Å². The van der Waals surface area contributed by atoms with Crippen molar-refractivity contribution in [1.29, 1.82) is 0 Å². The fourth-order valence-corrected chi connectivity index (χ4v) is 3.43. The van der Waals surface area contributed by atoms with E-state index in [0.717, 1.165) is 35.5 Å². The largest absolute Gasteiger partial charge is 0.497 e. The number of ether oxygens (including phenoxy) is 2. The van der Waals surface area contributed by atoms with Crippen LogP contribution in [0.1, 0.15) is 30.4 Å². The van der Waals surface area contributed by atoms with Gasteiger partial charge in [0.15, 0.2) is 0 Å². The maximum Gasteiger partial charge on any atom is 0.227 e. The van der Waals surface area contributed by atoms with Crippen LogP contribution in [0, 0.1) is 6.92 Å². The Morgan fingerprint density at radius 3 is 2.39 bits per heavy atom. The highest BCUT2D eigenvalue weighted by atomic mass is 16.5. The second-order valence-corrected chi connectivity index (χ2v) is 6.92. The number of nitrogens with zero attached hydrogens (tertiary/aromatic N) is 1. The van der Waals surface area contributed by atoms with E-state index >= 15 is 0 Å². The van der Waals surface area contributed by atoms with Gasteiger partial charge < -0.3 is 19.7 Å². The summed E-state index contributed by atoms with van der Waals surface area (Å²) in [7, 11) is 3.21. The van der Waals surface area contributed by atoms with Gasteiger partial charge >= 0.3 is 0 Å². The smallest absolute Gasteiger partial charge is 0.227 e. The Hall–Kier alpha value is -3.02. The van der Waals surface area contributed by atoms with Crippen LogP contribution in [0.4, 0.5) is 11.4 Å². The predicted octanol–water partition coefficient (Wildman–Crippen LogP) is 3.71. The van der Waals surface area contributed by atoms with Gasteiger partial charge in [-0.15, -0.1) is 0 Å². The van der Waals surface area contributed by atoms with Crippen LogP contribution in [0.3, 0.4) is 0 Å². The minimum absolute atomic E-state index is 0.0637. The maximum atomic E-state index is 12.4. The average Bonchev–Trinajstić information content (AvgIpc) is 3.11. The first-order valence-corrected chi connectivity index (χ1v) is 9.43. The molecule has 1 heterocycles. The van der Waals surface area contributed by atoms with E-state index in [1.165, 1.54) is 0 Å². The number of nitrogens with one attached hydrogen (secondary N) is 1. The molecule has 1 aliphatic rings. The van der Waals surface area contributed by atoms with Gasteiger partial charge in [-0.25, -0.2) is 0 Å². The summed E-state index contributed by atoms with van der Waals surface area (Å²) in [5, 5.41) is 2.93. The van der Waals surface area contributed by atoms with E-state index in [1.54, 1.807) is 20.3 Å². The summed E-state index contributed by atoms with van der Waals surface area (Å²) in [5.74, 6) is 1.51. The van der Waals surface area contributed by atoms with Crippen molar-refractivity contribution >= 4 is 23.2 Å². The zero-order valence-corrected chi connectivity index (χ0v) is 16.6. The fourth-order valence-electron chi connectivity index (χ4n) is 3.43. The van der Waals surface area contributed by atoms with Crippen molar-refractivity contribution in [1.82, 2.24) is 0 Å². The van der Waals surface area contributed by atoms with Gasteiger partial charge in [0.1, 0.15) is 11.5 Å². The van der Waals surface area contributed by atoms with Gasteiger partial charge in [-0.05, 0) is 61.2 Å². The van der Waals surface area contributed by atoms with Crippen LogP contribution in [0.2, 0.25) is 0 Å². The highest BCUT2D eigenvalue weighted by Crippen LogP contribution is 2.28. The molecule has 6 heteroatoms. The molecular formula is C22H26N2O4. The number of carbonyl (C=O) groups excluding carboxylic acids is 2. The van der Waals surface area contributed by atoms with Gasteiger partial charge in [0.05, 0.1) is 14.2 Å². The quantitative estimate of drug-likeness (QED) is 0.793. The molecule has 2 aromatic rings. The minimum Gasteiger partial charge on any atom is -0.497 e. The maximum absolute atomic E-state index is 12.4. The molecule has 0 bridgehead atoms. The summed E-state index contributed by atoms with van der Waals surface area (Å²) >= 11 is 0. The monoisotopic (exact) mass is 382 g/mol. The molecule has 0 saturated carbocycles. The van der Waals surface area contributed by atoms with Gasteiger partial charge in [0.25, 0.3) is 0 Å². The average molecular weight is 382 g/mol. The van der Waals surface area contributed by atoms with E-state index in [9.17, 15) is 9.59 Å². The van der Waals surface area contributed by atoms with E-state index in [2.05, 4.69) is 5.32 Å². The normalized spacial score (nSPS) is 13.5. The molecule has 0 aliphatic carbocycles. The Kier molecular flexibility index (Phi) is 6.19. The van der Waals surface area contributed by atoms with Gasteiger partial charge in [-0.1, -0.05) is 0 Å². The van der Waals surface area contributed by atoms with Gasteiger partial charge in [-0.2, -0.15) is 0 Å². The standard InChI is InChI=1S/C22H26N2O4/c1-15-11-17(7-8-20(15)24-10-4-5-22(24)26)23-21(25)9-6-16-12-18(27-2)14-19(13-16)28-3/h7-8,11-14H,4-6,9-10H2,1-3H3,(H,23,25). The molecule has 0 radical (unpaired) electrons. The lowest BCUT2D eigenvalue weighted by atomic mass is 10.1. The molecule has 1 fully saturated rings. The Bertz CT molecular complexity index is 857. The molecule has 1 aliphatic heterocycles. The molecule has 28 heavy (non-hydrogen) atoms. The second-order valence-electron chi connectivity index (χ2n) is 6.92. The zero-order valence-electron chi connectivity index (χ0n) is 16.6. The molecule has 3 rings (SSSR count). The van der Waals surface area contributed by atoms with Crippen LogP contribution in [0.25, 0.3) is 0 Å². The summed E-state index contributed by atoms with van der Waals surface area (Å²) in [5.41, 5.74) is 3.61. The van der Waals surface area contributed by atoms with Crippen molar-refractivity contribution in [3.05, 3.63) is 47.5 Å². The summed E-state index contributed by atoms with van der Waals surface area (Å²) in [6.45, 7) is 2.72. The summed E-state index contributed by atoms with van der Waals surface area (Å²) in [6.07, 6.45) is 2.43. The number of hydrogen-bond donors (Lipinski definition) is 1. The third-order valence-electron chi connectivity index (χ3n) is 4.90. The number of rotatable bonds is 7. The molecule has 0 unspecified atom stereocenters. The minimum atomic E-state index is -0.0637. The Morgan fingerprint density at radius 1 is 1.11 bits per heavy atom. The number of benzene rings is 2. The van der Waals surface area contributed by atoms with E-state index in [0.29, 0.717) is 30.8 Å². The van der Waals surface area contributed by atoms with Crippen LogP contribution in [0.15, 0.2) is 36.4 Å². The Morgan fingerprint density at radius 2 is 1.82 bits per heavy atom. The predicted molar refractivity (Wildman–Crippen MR) is 109 cm³/mol. The first-order chi connectivity index (χ1) is 13.5. The lowest BCUT2D eigenvalue weighted by Gasteiger charge is -2.19. The summed E-state index contributed by atoms with van der Waals surface area (Å²) in [4.78, 5) is 26.1. The van der Waals surface area contributed by atoms with Crippen molar-refractivity contribution in [3.63, 3.8) is 0 Å². The third-order valence-corrected chi connectivity index (χ3v) is 4.90. The number of amides is 2. The van der Waals surface area contributed by atoms with E-state index in [-0.39, 0.29) is 11.8 Å². The molecule has 1 saturated heterocycles. The zero-order chi connectivity index (χ0) is 20.1. The van der Waals surface area contributed by atoms with Crippen molar-refractivity contribution in [2.75, 3.05) is 31.0 Å². The van der Waals surface area contributed by atoms with Gasteiger partial charge in [-0.3, -0.25) is 9.59 Å². The Labute approximate surface area is 165 Å². The van der Waals surface area contributed by atoms with Crippen molar-refractivity contribution in [2.45, 2.75) is 32.6 Å². The van der Waals surface area contributed by atoms with E-state index in [1.807, 2.05) is 42.2 Å². The van der Waals surface area contributed by atoms with E-state index < -0.39 is 0 Å². The summed E-state index contributed by atoms with van der Waals surface area (Å²) in [6, 6.07) is 11.3. The molecule has 148 valence electrons. The van der Waals surface area contributed by atoms with Crippen molar-refractivity contribution < 1.29 is 19.1 Å². The van der Waals surface area contributed by atoms with Crippen molar-refractivity contribution in [2.24, 2.45) is 0 Å². The van der Waals surface area contributed by atoms with Crippen LogP contribution in [0.5, 0.6) is 11.5 Å². The number of anilines is 2. The first-order valence-electron chi connectivity index (χ1n) is 9.43. The number of hydrogen-bond acceptors (Lipinski definition) is 4. The molecule has 0 atom stereocenters. The highest BCUT2D eigenvalue weighted by molar-refractivity contribution is 5.97. The fraction of sp³-hybridized carbons (Fsp3) is 0.364. The van der Waals surface area contributed by atoms with Crippen LogP contribution in [-0.2, 0) is 16.0 Å². The molecule has 2 amide bonds. The van der Waals surface area contributed by atoms with Crippen molar-refractivity contribution in [3.8, 4) is 11.5 Å². The molecule has 1 N–H and O–H groups in total. The number of methoxy groups -OCH3 is 2. The van der Waals surface area contributed by atoms with Crippen LogP contribution < -0.4 is 19.7 Å². The van der Waals surface area contributed by atoms with Crippen LogP contribution in [-0.4, -0.2) is 32.6 Å². The number of carbonyl (C=O) groups is 2. The third kappa shape index (κ3) is 4.63. The molecular weight excluding hydrogens is 356 g/mol. The Balaban J connectivity index is 1.61. The molecule has 0 aromatic heterocycles. The lowest BCUT2D eigenvalue weighted by Crippen LogP contribution is -2.24. The molecule has 2 aromatic carbocycles. The molecule has 6 nitrogen and oxygen atoms in total. The second kappa shape index (κ2) is 8.78. The number of aryl methyl sites for hydroxylation is 2. The SMILES string of the molecule is COc1cc(CCC(=O)Nc2ccc(N3CCCC3=O)c(C)c2)cc(OC)c1. The van der Waals surface area contributed by atoms with Gasteiger partial charge in [0, 0.05) is 36.8 Å². The first kappa shape index (κ1) is 19.7.